The van der Waals surface area contributed by atoms with Crippen molar-refractivity contribution < 1.29 is 4.39 Å². The van der Waals surface area contributed by atoms with Crippen molar-refractivity contribution in [2.45, 2.75) is 6.92 Å². The molecule has 0 saturated heterocycles. The van der Waals surface area contributed by atoms with Crippen molar-refractivity contribution in [3.63, 3.8) is 0 Å². The molecule has 0 aliphatic heterocycles. The molecule has 0 saturated carbocycles. The van der Waals surface area contributed by atoms with Crippen LogP contribution in [0.5, 0.6) is 0 Å². The summed E-state index contributed by atoms with van der Waals surface area (Å²) < 4.78 is 12.7. The highest BCUT2D eigenvalue weighted by Gasteiger charge is 2.04. The van der Waals surface area contributed by atoms with Gasteiger partial charge in [-0.2, -0.15) is 5.11 Å². The van der Waals surface area contributed by atoms with Crippen LogP contribution in [0.3, 0.4) is 0 Å². The standard InChI is InChI=1S/C13H13FN4/c1-8-11(15)6-7-12(13(8)16)18-17-10-4-2-9(14)3-5-10/h2-7H,15-16H2,1H3. The second-order valence-corrected chi connectivity index (χ2v) is 3.89. The Morgan fingerprint density at radius 1 is 0.944 bits per heavy atom. The summed E-state index contributed by atoms with van der Waals surface area (Å²) in [5.41, 5.74) is 14.6. The summed E-state index contributed by atoms with van der Waals surface area (Å²) in [6.07, 6.45) is 0. The molecule has 2 rings (SSSR count). The second kappa shape index (κ2) is 4.83. The van der Waals surface area contributed by atoms with E-state index < -0.39 is 0 Å². The van der Waals surface area contributed by atoms with Crippen molar-refractivity contribution in [3.05, 3.63) is 47.8 Å². The summed E-state index contributed by atoms with van der Waals surface area (Å²) in [4.78, 5) is 0. The van der Waals surface area contributed by atoms with Gasteiger partial charge in [0, 0.05) is 5.69 Å². The number of anilines is 2. The maximum atomic E-state index is 12.7. The van der Waals surface area contributed by atoms with Crippen LogP contribution >= 0.6 is 0 Å². The van der Waals surface area contributed by atoms with Crippen LogP contribution in [-0.4, -0.2) is 0 Å². The van der Waals surface area contributed by atoms with E-state index in [-0.39, 0.29) is 5.82 Å². The van der Waals surface area contributed by atoms with E-state index in [1.54, 1.807) is 24.3 Å². The van der Waals surface area contributed by atoms with Gasteiger partial charge in [-0.25, -0.2) is 4.39 Å². The molecule has 2 aromatic carbocycles. The molecule has 0 amide bonds. The zero-order valence-electron chi connectivity index (χ0n) is 9.89. The molecule has 0 radical (unpaired) electrons. The normalized spacial score (nSPS) is 11.0. The highest BCUT2D eigenvalue weighted by atomic mass is 19.1. The number of nitrogens with zero attached hydrogens (tertiary/aromatic N) is 2. The zero-order chi connectivity index (χ0) is 13.1. The second-order valence-electron chi connectivity index (χ2n) is 3.89. The fourth-order valence-corrected chi connectivity index (χ4v) is 1.44. The number of hydrogen-bond donors (Lipinski definition) is 2. The minimum Gasteiger partial charge on any atom is -0.398 e. The number of hydrogen-bond acceptors (Lipinski definition) is 4. The molecule has 0 fully saturated rings. The molecule has 0 aliphatic carbocycles. The average Bonchev–Trinajstić information content (AvgIpc) is 2.37. The van der Waals surface area contributed by atoms with E-state index in [1.165, 1.54) is 12.1 Å². The van der Waals surface area contributed by atoms with Crippen molar-refractivity contribution in [3.8, 4) is 0 Å². The molecule has 4 nitrogen and oxygen atoms in total. The van der Waals surface area contributed by atoms with Gasteiger partial charge < -0.3 is 11.5 Å². The van der Waals surface area contributed by atoms with Gasteiger partial charge in [0.2, 0.25) is 0 Å². The van der Waals surface area contributed by atoms with E-state index in [2.05, 4.69) is 10.2 Å². The number of azo groups is 1. The summed E-state index contributed by atoms with van der Waals surface area (Å²) in [7, 11) is 0. The van der Waals surface area contributed by atoms with E-state index >= 15 is 0 Å². The van der Waals surface area contributed by atoms with E-state index in [4.69, 9.17) is 11.5 Å². The minimum atomic E-state index is -0.309. The van der Waals surface area contributed by atoms with Gasteiger partial charge >= 0.3 is 0 Å². The molecule has 4 N–H and O–H groups in total. The van der Waals surface area contributed by atoms with E-state index in [0.29, 0.717) is 22.7 Å². The molecule has 5 heteroatoms. The summed E-state index contributed by atoms with van der Waals surface area (Å²) in [6, 6.07) is 9.16. The van der Waals surface area contributed by atoms with Crippen molar-refractivity contribution in [2.24, 2.45) is 10.2 Å². The predicted octanol–water partition coefficient (Wildman–Crippen LogP) is 3.71. The molecule has 0 unspecified atom stereocenters. The molecular formula is C13H13FN4. The molecule has 2 aromatic rings. The maximum absolute atomic E-state index is 12.7. The maximum Gasteiger partial charge on any atom is 0.123 e. The molecule has 0 heterocycles. The Morgan fingerprint density at radius 3 is 2.28 bits per heavy atom. The monoisotopic (exact) mass is 244 g/mol. The fraction of sp³-hybridized carbons (Fsp3) is 0.0769. The Balaban J connectivity index is 2.29. The van der Waals surface area contributed by atoms with Gasteiger partial charge in [0.1, 0.15) is 11.5 Å². The Labute approximate surface area is 104 Å². The fourth-order valence-electron chi connectivity index (χ4n) is 1.44. The first kappa shape index (κ1) is 12.0. The van der Waals surface area contributed by atoms with Crippen molar-refractivity contribution in [2.75, 3.05) is 11.5 Å². The van der Waals surface area contributed by atoms with Crippen LogP contribution in [0, 0.1) is 12.7 Å². The quantitative estimate of drug-likeness (QED) is 0.624. The Hall–Kier alpha value is -2.43. The van der Waals surface area contributed by atoms with Crippen LogP contribution in [0.4, 0.5) is 27.1 Å². The van der Waals surface area contributed by atoms with Crippen molar-refractivity contribution >= 4 is 22.7 Å². The third-order valence-corrected chi connectivity index (χ3v) is 2.63. The first-order valence-corrected chi connectivity index (χ1v) is 5.40. The molecule has 0 aliphatic rings. The molecule has 0 atom stereocenters. The van der Waals surface area contributed by atoms with Gasteiger partial charge in [-0.05, 0) is 48.9 Å². The first-order chi connectivity index (χ1) is 8.58. The lowest BCUT2D eigenvalue weighted by Crippen LogP contribution is -1.95. The van der Waals surface area contributed by atoms with E-state index in [0.717, 1.165) is 5.56 Å². The lowest BCUT2D eigenvalue weighted by molar-refractivity contribution is 0.628. The molecule has 92 valence electrons. The van der Waals surface area contributed by atoms with Gasteiger partial charge in [0.25, 0.3) is 0 Å². The lowest BCUT2D eigenvalue weighted by atomic mass is 10.1. The SMILES string of the molecule is Cc1c(N)ccc(N=Nc2ccc(F)cc2)c1N. The largest absolute Gasteiger partial charge is 0.398 e. The summed E-state index contributed by atoms with van der Waals surface area (Å²) in [5.74, 6) is -0.309. The summed E-state index contributed by atoms with van der Waals surface area (Å²) >= 11 is 0. The van der Waals surface area contributed by atoms with E-state index in [9.17, 15) is 4.39 Å². The highest BCUT2D eigenvalue weighted by Crippen LogP contribution is 2.30. The van der Waals surface area contributed by atoms with Gasteiger partial charge in [-0.3, -0.25) is 0 Å². The van der Waals surface area contributed by atoms with Crippen LogP contribution in [-0.2, 0) is 0 Å². The van der Waals surface area contributed by atoms with Gasteiger partial charge in [0.05, 0.1) is 11.4 Å². The number of rotatable bonds is 2. The zero-order valence-corrected chi connectivity index (χ0v) is 9.89. The summed E-state index contributed by atoms with van der Waals surface area (Å²) in [6.45, 7) is 1.82. The number of benzene rings is 2. The smallest absolute Gasteiger partial charge is 0.123 e. The topological polar surface area (TPSA) is 76.8 Å². The Morgan fingerprint density at radius 2 is 1.61 bits per heavy atom. The number of nitrogens with two attached hydrogens (primary N) is 2. The first-order valence-electron chi connectivity index (χ1n) is 5.40. The number of nitrogen functional groups attached to an aromatic ring is 2. The minimum absolute atomic E-state index is 0.309. The van der Waals surface area contributed by atoms with E-state index in [1.807, 2.05) is 6.92 Å². The van der Waals surface area contributed by atoms with Gasteiger partial charge in [0.15, 0.2) is 0 Å². The van der Waals surface area contributed by atoms with Crippen molar-refractivity contribution in [1.29, 1.82) is 0 Å². The molecule has 18 heavy (non-hydrogen) atoms. The highest BCUT2D eigenvalue weighted by molar-refractivity contribution is 5.73. The van der Waals surface area contributed by atoms with Crippen LogP contribution < -0.4 is 11.5 Å². The third kappa shape index (κ3) is 2.45. The predicted molar refractivity (Wildman–Crippen MR) is 70.6 cm³/mol. The Kier molecular flexibility index (Phi) is 3.23. The number of halogens is 1. The van der Waals surface area contributed by atoms with Gasteiger partial charge in [-0.15, -0.1) is 5.11 Å². The van der Waals surface area contributed by atoms with Crippen LogP contribution in [0.2, 0.25) is 0 Å². The lowest BCUT2D eigenvalue weighted by Gasteiger charge is -2.05. The van der Waals surface area contributed by atoms with Crippen molar-refractivity contribution in [1.82, 2.24) is 0 Å². The molecule has 0 bridgehead atoms. The average molecular weight is 244 g/mol. The molecule has 0 spiro atoms. The molecular weight excluding hydrogens is 231 g/mol. The van der Waals surface area contributed by atoms with Crippen LogP contribution in [0.25, 0.3) is 0 Å². The van der Waals surface area contributed by atoms with Crippen LogP contribution in [0.1, 0.15) is 5.56 Å². The van der Waals surface area contributed by atoms with Gasteiger partial charge in [-0.1, -0.05) is 0 Å². The van der Waals surface area contributed by atoms with Crippen LogP contribution in [0.15, 0.2) is 46.6 Å². The molecule has 0 aromatic heterocycles. The summed E-state index contributed by atoms with van der Waals surface area (Å²) in [5, 5.41) is 8.02. The third-order valence-electron chi connectivity index (χ3n) is 2.63. The Bertz CT molecular complexity index is 591.